The van der Waals surface area contributed by atoms with E-state index in [0.717, 1.165) is 6.08 Å². The molecule has 7 nitrogen and oxygen atoms in total. The zero-order valence-corrected chi connectivity index (χ0v) is 13.9. The summed E-state index contributed by atoms with van der Waals surface area (Å²) in [5.41, 5.74) is 2.16. The first-order valence-corrected chi connectivity index (χ1v) is 7.51. The van der Waals surface area contributed by atoms with Crippen molar-refractivity contribution >= 4 is 23.6 Å². The van der Waals surface area contributed by atoms with Gasteiger partial charge in [-0.05, 0) is 35.9 Å². The first kappa shape index (κ1) is 18.9. The Kier molecular flexibility index (Phi) is 6.69. The standard InChI is InChI=1S/C18H17FN2O5/c1-25-16-10-12(7-9-17(22)21-24)6-8-15(16)26-11-18(23)20-14-5-3-2-4-13(14)19/h2-10,24H,11H2,1H3,(H,20,23)(H,21,22)/b9-7+. The molecule has 0 aliphatic heterocycles. The fraction of sp³-hybridized carbons (Fsp3) is 0.111. The molecule has 26 heavy (non-hydrogen) atoms. The van der Waals surface area contributed by atoms with Crippen LogP contribution in [0, 0.1) is 5.82 Å². The number of hydrogen-bond acceptors (Lipinski definition) is 5. The summed E-state index contributed by atoms with van der Waals surface area (Å²) < 4.78 is 24.1. The molecule has 8 heteroatoms. The fourth-order valence-electron chi connectivity index (χ4n) is 2.01. The first-order valence-electron chi connectivity index (χ1n) is 7.51. The maximum atomic E-state index is 13.5. The normalized spacial score (nSPS) is 10.4. The molecule has 3 N–H and O–H groups in total. The third kappa shape index (κ3) is 5.32. The van der Waals surface area contributed by atoms with Crippen molar-refractivity contribution in [2.75, 3.05) is 19.0 Å². The number of ether oxygens (including phenoxy) is 2. The van der Waals surface area contributed by atoms with E-state index in [0.29, 0.717) is 17.1 Å². The highest BCUT2D eigenvalue weighted by molar-refractivity contribution is 5.92. The lowest BCUT2D eigenvalue weighted by Crippen LogP contribution is -2.20. The topological polar surface area (TPSA) is 96.9 Å². The third-order valence-corrected chi connectivity index (χ3v) is 3.23. The average molecular weight is 360 g/mol. The molecule has 2 rings (SSSR count). The van der Waals surface area contributed by atoms with Gasteiger partial charge in [0.1, 0.15) is 5.82 Å². The van der Waals surface area contributed by atoms with Crippen molar-refractivity contribution in [1.29, 1.82) is 0 Å². The second-order valence-electron chi connectivity index (χ2n) is 5.04. The quantitative estimate of drug-likeness (QED) is 0.400. The van der Waals surface area contributed by atoms with Gasteiger partial charge in [-0.25, -0.2) is 9.87 Å². The Labute approximate surface area is 149 Å². The van der Waals surface area contributed by atoms with E-state index in [1.165, 1.54) is 36.9 Å². The minimum absolute atomic E-state index is 0.0655. The van der Waals surface area contributed by atoms with Crippen LogP contribution in [0.15, 0.2) is 48.5 Å². The van der Waals surface area contributed by atoms with Gasteiger partial charge in [-0.2, -0.15) is 0 Å². The monoisotopic (exact) mass is 360 g/mol. The molecule has 2 aromatic rings. The number of para-hydroxylation sites is 1. The molecule has 0 radical (unpaired) electrons. The molecule has 2 amide bonds. The van der Waals surface area contributed by atoms with Gasteiger partial charge in [-0.15, -0.1) is 0 Å². The largest absolute Gasteiger partial charge is 0.493 e. The summed E-state index contributed by atoms with van der Waals surface area (Å²) in [5.74, 6) is -1.09. The SMILES string of the molecule is COc1cc(/C=C/C(=O)NO)ccc1OCC(=O)Nc1ccccc1F. The highest BCUT2D eigenvalue weighted by Gasteiger charge is 2.10. The van der Waals surface area contributed by atoms with Gasteiger partial charge in [-0.3, -0.25) is 14.8 Å². The lowest BCUT2D eigenvalue weighted by molar-refractivity contribution is -0.124. The highest BCUT2D eigenvalue weighted by atomic mass is 19.1. The van der Waals surface area contributed by atoms with E-state index in [9.17, 15) is 14.0 Å². The zero-order valence-electron chi connectivity index (χ0n) is 13.9. The summed E-state index contributed by atoms with van der Waals surface area (Å²) in [6.45, 7) is -0.340. The molecular formula is C18H17FN2O5. The van der Waals surface area contributed by atoms with Crippen LogP contribution >= 0.6 is 0 Å². The Morgan fingerprint density at radius 1 is 1.19 bits per heavy atom. The van der Waals surface area contributed by atoms with Crippen LogP contribution in [-0.2, 0) is 9.59 Å². The van der Waals surface area contributed by atoms with Crippen molar-refractivity contribution in [2.45, 2.75) is 0 Å². The Morgan fingerprint density at radius 2 is 1.96 bits per heavy atom. The molecule has 0 unspecified atom stereocenters. The number of carbonyl (C=O) groups excluding carboxylic acids is 2. The number of nitrogens with one attached hydrogen (secondary N) is 2. The smallest absolute Gasteiger partial charge is 0.267 e. The molecule has 0 atom stereocenters. The van der Waals surface area contributed by atoms with Gasteiger partial charge in [-0.1, -0.05) is 18.2 Å². The molecule has 0 aliphatic carbocycles. The van der Waals surface area contributed by atoms with E-state index in [1.807, 2.05) is 0 Å². The second kappa shape index (κ2) is 9.19. The third-order valence-electron chi connectivity index (χ3n) is 3.23. The van der Waals surface area contributed by atoms with Crippen LogP contribution in [0.1, 0.15) is 5.56 Å². The Bertz CT molecular complexity index is 823. The fourth-order valence-corrected chi connectivity index (χ4v) is 2.01. The van der Waals surface area contributed by atoms with Crippen molar-refractivity contribution in [3.63, 3.8) is 0 Å². The van der Waals surface area contributed by atoms with E-state index in [-0.39, 0.29) is 12.3 Å². The summed E-state index contributed by atoms with van der Waals surface area (Å²) in [5, 5.41) is 10.9. The van der Waals surface area contributed by atoms with Crippen molar-refractivity contribution in [1.82, 2.24) is 5.48 Å². The van der Waals surface area contributed by atoms with Crippen LogP contribution in [0.3, 0.4) is 0 Å². The van der Waals surface area contributed by atoms with Crippen molar-refractivity contribution in [3.05, 3.63) is 59.9 Å². The van der Waals surface area contributed by atoms with E-state index < -0.39 is 17.6 Å². The summed E-state index contributed by atoms with van der Waals surface area (Å²) >= 11 is 0. The molecule has 0 saturated carbocycles. The summed E-state index contributed by atoms with van der Waals surface area (Å²) in [4.78, 5) is 22.9. The number of hydroxylamine groups is 1. The van der Waals surface area contributed by atoms with Gasteiger partial charge in [0.2, 0.25) is 0 Å². The lowest BCUT2D eigenvalue weighted by atomic mass is 10.2. The number of hydrogen-bond donors (Lipinski definition) is 3. The molecule has 0 spiro atoms. The number of methoxy groups -OCH3 is 1. The molecule has 0 bridgehead atoms. The Morgan fingerprint density at radius 3 is 2.65 bits per heavy atom. The van der Waals surface area contributed by atoms with E-state index in [2.05, 4.69) is 5.32 Å². The molecule has 0 saturated heterocycles. The summed E-state index contributed by atoms with van der Waals surface area (Å²) in [7, 11) is 1.43. The number of rotatable bonds is 7. The van der Waals surface area contributed by atoms with Crippen molar-refractivity contribution in [3.8, 4) is 11.5 Å². The minimum Gasteiger partial charge on any atom is -0.493 e. The van der Waals surface area contributed by atoms with Gasteiger partial charge < -0.3 is 14.8 Å². The predicted molar refractivity (Wildman–Crippen MR) is 92.5 cm³/mol. The highest BCUT2D eigenvalue weighted by Crippen LogP contribution is 2.28. The van der Waals surface area contributed by atoms with Crippen LogP contribution in [0.2, 0.25) is 0 Å². The average Bonchev–Trinajstić information content (AvgIpc) is 2.66. The molecular weight excluding hydrogens is 343 g/mol. The summed E-state index contributed by atoms with van der Waals surface area (Å²) in [6, 6.07) is 10.6. The number of anilines is 1. The second-order valence-corrected chi connectivity index (χ2v) is 5.04. The van der Waals surface area contributed by atoms with Gasteiger partial charge >= 0.3 is 0 Å². The lowest BCUT2D eigenvalue weighted by Gasteiger charge is -2.12. The maximum Gasteiger partial charge on any atom is 0.267 e. The number of benzene rings is 2. The molecule has 0 aliphatic rings. The van der Waals surface area contributed by atoms with E-state index >= 15 is 0 Å². The van der Waals surface area contributed by atoms with Crippen molar-refractivity contribution < 1.29 is 28.7 Å². The van der Waals surface area contributed by atoms with Gasteiger partial charge in [0.05, 0.1) is 12.8 Å². The molecule has 0 aromatic heterocycles. The van der Waals surface area contributed by atoms with Crippen LogP contribution in [0.5, 0.6) is 11.5 Å². The van der Waals surface area contributed by atoms with Crippen LogP contribution in [-0.4, -0.2) is 30.7 Å². The predicted octanol–water partition coefficient (Wildman–Crippen LogP) is 2.37. The molecule has 0 heterocycles. The van der Waals surface area contributed by atoms with E-state index in [4.69, 9.17) is 14.7 Å². The summed E-state index contributed by atoms with van der Waals surface area (Å²) in [6.07, 6.45) is 2.60. The van der Waals surface area contributed by atoms with Gasteiger partial charge in [0.15, 0.2) is 18.1 Å². The number of carbonyl (C=O) groups is 2. The number of halogens is 1. The first-order chi connectivity index (χ1) is 12.5. The van der Waals surface area contributed by atoms with Crippen LogP contribution in [0.4, 0.5) is 10.1 Å². The molecule has 0 fully saturated rings. The number of amides is 2. The van der Waals surface area contributed by atoms with E-state index in [1.54, 1.807) is 24.3 Å². The maximum absolute atomic E-state index is 13.5. The molecule has 2 aromatic carbocycles. The van der Waals surface area contributed by atoms with Crippen LogP contribution < -0.4 is 20.3 Å². The minimum atomic E-state index is -0.672. The van der Waals surface area contributed by atoms with Crippen LogP contribution in [0.25, 0.3) is 6.08 Å². The zero-order chi connectivity index (χ0) is 18.9. The van der Waals surface area contributed by atoms with Crippen molar-refractivity contribution in [2.24, 2.45) is 0 Å². The Balaban J connectivity index is 2.00. The molecule has 136 valence electrons. The van der Waals surface area contributed by atoms with Gasteiger partial charge in [0, 0.05) is 6.08 Å². The Hall–Kier alpha value is -3.39. The van der Waals surface area contributed by atoms with Gasteiger partial charge in [0.25, 0.3) is 11.8 Å².